The van der Waals surface area contributed by atoms with Crippen molar-refractivity contribution < 1.29 is 4.74 Å². The Morgan fingerprint density at radius 3 is 2.75 bits per heavy atom. The molecule has 0 radical (unpaired) electrons. The van der Waals surface area contributed by atoms with Crippen LogP contribution in [0.2, 0.25) is 0 Å². The minimum absolute atomic E-state index is 0.654. The lowest BCUT2D eigenvalue weighted by molar-refractivity contribution is 0.290. The largest absolute Gasteiger partial charge is 0.491 e. The Hall–Kier alpha value is -1.22. The summed E-state index contributed by atoms with van der Waals surface area (Å²) in [5.41, 5.74) is 7.86. The third-order valence-electron chi connectivity index (χ3n) is 2.48. The summed E-state index contributed by atoms with van der Waals surface area (Å²) in [5.74, 6) is 1.45. The van der Waals surface area contributed by atoms with Gasteiger partial charge in [0.2, 0.25) is 0 Å². The molecule has 0 amide bonds. The molecule has 0 aliphatic carbocycles. The van der Waals surface area contributed by atoms with Gasteiger partial charge in [-0.2, -0.15) is 0 Å². The molecule has 0 saturated heterocycles. The molecule has 0 heterocycles. The number of rotatable bonds is 6. The molecule has 0 aliphatic rings. The molecule has 0 spiro atoms. The maximum Gasteiger partial charge on any atom is 0.142 e. The number of nitrogens with two attached hydrogens (primary N) is 1. The molecule has 90 valence electrons. The second kappa shape index (κ2) is 6.38. The molecule has 0 fully saturated rings. The lowest BCUT2D eigenvalue weighted by Gasteiger charge is -2.13. The van der Waals surface area contributed by atoms with Gasteiger partial charge in [-0.15, -0.1) is 0 Å². The second-order valence-corrected chi connectivity index (χ2v) is 4.39. The summed E-state index contributed by atoms with van der Waals surface area (Å²) >= 11 is 0. The molecule has 0 bridgehead atoms. The quantitative estimate of drug-likeness (QED) is 0.727. The summed E-state index contributed by atoms with van der Waals surface area (Å²) < 4.78 is 5.68. The summed E-state index contributed by atoms with van der Waals surface area (Å²) in [6.45, 7) is 5.87. The highest BCUT2D eigenvalue weighted by Gasteiger charge is 2.05. The van der Waals surface area contributed by atoms with E-state index < -0.39 is 0 Å². The number of para-hydroxylation sites is 1. The van der Waals surface area contributed by atoms with Crippen LogP contribution in [-0.4, -0.2) is 13.7 Å². The lowest BCUT2D eigenvalue weighted by atomic mass is 10.1. The Balaban J connectivity index is 2.62. The molecule has 16 heavy (non-hydrogen) atoms. The number of hydrogen-bond donors (Lipinski definition) is 2. The highest BCUT2D eigenvalue weighted by atomic mass is 16.5. The van der Waals surface area contributed by atoms with E-state index in [9.17, 15) is 0 Å². The number of benzene rings is 1. The van der Waals surface area contributed by atoms with Crippen LogP contribution in [0.1, 0.15) is 25.8 Å². The average molecular weight is 222 g/mol. The van der Waals surface area contributed by atoms with Crippen molar-refractivity contribution in [2.24, 2.45) is 5.92 Å². The fourth-order valence-corrected chi connectivity index (χ4v) is 1.46. The van der Waals surface area contributed by atoms with Gasteiger partial charge in [0, 0.05) is 6.54 Å². The van der Waals surface area contributed by atoms with Gasteiger partial charge in [-0.1, -0.05) is 26.0 Å². The Morgan fingerprint density at radius 1 is 1.38 bits per heavy atom. The molecule has 1 aromatic rings. The summed E-state index contributed by atoms with van der Waals surface area (Å²) in [7, 11) is 1.91. The van der Waals surface area contributed by atoms with E-state index in [1.807, 2.05) is 25.2 Å². The third kappa shape index (κ3) is 3.74. The average Bonchev–Trinajstić information content (AvgIpc) is 2.23. The van der Waals surface area contributed by atoms with E-state index in [0.29, 0.717) is 5.92 Å². The first-order valence-electron chi connectivity index (χ1n) is 5.80. The maximum atomic E-state index is 6.02. The normalized spacial score (nSPS) is 10.8. The van der Waals surface area contributed by atoms with E-state index in [0.717, 1.165) is 36.6 Å². The number of nitrogens with one attached hydrogen (secondary N) is 1. The first-order valence-corrected chi connectivity index (χ1v) is 5.80. The van der Waals surface area contributed by atoms with Crippen molar-refractivity contribution in [1.29, 1.82) is 0 Å². The first kappa shape index (κ1) is 12.8. The Bertz CT molecular complexity index is 324. The van der Waals surface area contributed by atoms with Gasteiger partial charge in [0.25, 0.3) is 0 Å². The van der Waals surface area contributed by atoms with Crippen LogP contribution < -0.4 is 15.8 Å². The minimum Gasteiger partial charge on any atom is -0.491 e. The molecule has 0 saturated carbocycles. The third-order valence-corrected chi connectivity index (χ3v) is 2.48. The van der Waals surface area contributed by atoms with Gasteiger partial charge in [0.15, 0.2) is 0 Å². The van der Waals surface area contributed by atoms with Crippen molar-refractivity contribution >= 4 is 5.69 Å². The van der Waals surface area contributed by atoms with E-state index in [2.05, 4.69) is 19.2 Å². The van der Waals surface area contributed by atoms with Crippen molar-refractivity contribution in [3.63, 3.8) is 0 Å². The molecular weight excluding hydrogens is 200 g/mol. The molecule has 3 N–H and O–H groups in total. The molecular formula is C13H22N2O. The molecule has 1 aromatic carbocycles. The van der Waals surface area contributed by atoms with Crippen molar-refractivity contribution in [3.8, 4) is 5.75 Å². The highest BCUT2D eigenvalue weighted by molar-refractivity contribution is 5.58. The van der Waals surface area contributed by atoms with Crippen LogP contribution in [0.25, 0.3) is 0 Å². The van der Waals surface area contributed by atoms with Gasteiger partial charge < -0.3 is 15.8 Å². The van der Waals surface area contributed by atoms with Crippen LogP contribution in [0.5, 0.6) is 5.75 Å². The van der Waals surface area contributed by atoms with Crippen molar-refractivity contribution in [2.45, 2.75) is 26.8 Å². The number of ether oxygens (including phenoxy) is 1. The number of anilines is 1. The predicted molar refractivity (Wildman–Crippen MR) is 68.6 cm³/mol. The van der Waals surface area contributed by atoms with Gasteiger partial charge in [-0.25, -0.2) is 0 Å². The van der Waals surface area contributed by atoms with Crippen molar-refractivity contribution in [2.75, 3.05) is 19.4 Å². The monoisotopic (exact) mass is 222 g/mol. The number of nitrogen functional groups attached to an aromatic ring is 1. The zero-order chi connectivity index (χ0) is 12.0. The Morgan fingerprint density at radius 2 is 2.12 bits per heavy atom. The predicted octanol–water partition coefficient (Wildman–Crippen LogP) is 2.41. The molecule has 0 atom stereocenters. The summed E-state index contributed by atoms with van der Waals surface area (Å²) in [5, 5.41) is 3.09. The fourth-order valence-electron chi connectivity index (χ4n) is 1.46. The minimum atomic E-state index is 0.654. The van der Waals surface area contributed by atoms with Crippen LogP contribution in [0, 0.1) is 5.92 Å². The van der Waals surface area contributed by atoms with Crippen molar-refractivity contribution in [1.82, 2.24) is 5.32 Å². The number of hydrogen-bond acceptors (Lipinski definition) is 3. The Kier molecular flexibility index (Phi) is 5.12. The van der Waals surface area contributed by atoms with Crippen molar-refractivity contribution in [3.05, 3.63) is 23.8 Å². The molecule has 0 aromatic heterocycles. The van der Waals surface area contributed by atoms with E-state index in [1.165, 1.54) is 0 Å². The standard InChI is InChI=1S/C13H22N2O/c1-10(2)7-8-16-12-6-4-5-11(9-15-3)13(12)14/h4-6,10,15H,7-9,14H2,1-3H3. The van der Waals surface area contributed by atoms with Gasteiger partial charge in [-0.3, -0.25) is 0 Å². The zero-order valence-electron chi connectivity index (χ0n) is 10.4. The fraction of sp³-hybridized carbons (Fsp3) is 0.538. The smallest absolute Gasteiger partial charge is 0.142 e. The summed E-state index contributed by atoms with van der Waals surface area (Å²) in [4.78, 5) is 0. The SMILES string of the molecule is CNCc1cccc(OCCC(C)C)c1N. The molecule has 0 unspecified atom stereocenters. The maximum absolute atomic E-state index is 6.02. The van der Waals surface area contributed by atoms with E-state index >= 15 is 0 Å². The molecule has 0 aliphatic heterocycles. The Labute approximate surface area is 98.0 Å². The molecule has 3 nitrogen and oxygen atoms in total. The summed E-state index contributed by atoms with van der Waals surface area (Å²) in [6, 6.07) is 5.92. The van der Waals surface area contributed by atoms with Crippen LogP contribution in [0.15, 0.2) is 18.2 Å². The van der Waals surface area contributed by atoms with E-state index in [1.54, 1.807) is 0 Å². The second-order valence-electron chi connectivity index (χ2n) is 4.39. The van der Waals surface area contributed by atoms with Crippen LogP contribution in [-0.2, 0) is 6.54 Å². The molecule has 3 heteroatoms. The van der Waals surface area contributed by atoms with Gasteiger partial charge >= 0.3 is 0 Å². The lowest BCUT2D eigenvalue weighted by Crippen LogP contribution is -2.09. The van der Waals surface area contributed by atoms with Crippen LogP contribution >= 0.6 is 0 Å². The highest BCUT2D eigenvalue weighted by Crippen LogP contribution is 2.25. The van der Waals surface area contributed by atoms with Crippen LogP contribution in [0.3, 0.4) is 0 Å². The van der Waals surface area contributed by atoms with Gasteiger partial charge in [0.1, 0.15) is 5.75 Å². The zero-order valence-corrected chi connectivity index (χ0v) is 10.4. The molecule has 1 rings (SSSR count). The van der Waals surface area contributed by atoms with Gasteiger partial charge in [-0.05, 0) is 31.0 Å². The van der Waals surface area contributed by atoms with E-state index in [-0.39, 0.29) is 0 Å². The first-order chi connectivity index (χ1) is 7.65. The van der Waals surface area contributed by atoms with E-state index in [4.69, 9.17) is 10.5 Å². The van der Waals surface area contributed by atoms with Gasteiger partial charge in [0.05, 0.1) is 12.3 Å². The van der Waals surface area contributed by atoms with Crippen LogP contribution in [0.4, 0.5) is 5.69 Å². The topological polar surface area (TPSA) is 47.3 Å². The summed E-state index contributed by atoms with van der Waals surface area (Å²) in [6.07, 6.45) is 1.05.